The Labute approximate surface area is 106 Å². The Morgan fingerprint density at radius 3 is 2.53 bits per heavy atom. The highest BCUT2D eigenvalue weighted by molar-refractivity contribution is 7.71. The normalized spacial score (nSPS) is 29.6. The molecule has 0 bridgehead atoms. The molecule has 1 saturated carbocycles. The van der Waals surface area contributed by atoms with Crippen LogP contribution in [0.3, 0.4) is 0 Å². The molecular weight excluding hydrogens is 236 g/mol. The Morgan fingerprint density at radius 1 is 1.29 bits per heavy atom. The van der Waals surface area contributed by atoms with E-state index in [-0.39, 0.29) is 12.2 Å². The summed E-state index contributed by atoms with van der Waals surface area (Å²) in [6.07, 6.45) is 2.93. The van der Waals surface area contributed by atoms with Crippen LogP contribution in [0.4, 0.5) is 5.95 Å². The van der Waals surface area contributed by atoms with Gasteiger partial charge in [0, 0.05) is 19.1 Å². The number of aromatic amines is 1. The number of rotatable bonds is 2. The number of morpholine rings is 1. The summed E-state index contributed by atoms with van der Waals surface area (Å²) in [4.78, 5) is 2.28. The summed E-state index contributed by atoms with van der Waals surface area (Å²) in [6.45, 7) is 5.98. The summed E-state index contributed by atoms with van der Waals surface area (Å²) in [6, 6.07) is 0.560. The van der Waals surface area contributed by atoms with Crippen LogP contribution in [-0.2, 0) is 4.74 Å². The summed E-state index contributed by atoms with van der Waals surface area (Å²) >= 11 is 5.30. The molecule has 0 spiro atoms. The predicted molar refractivity (Wildman–Crippen MR) is 67.9 cm³/mol. The number of anilines is 1. The van der Waals surface area contributed by atoms with E-state index < -0.39 is 0 Å². The molecule has 3 rings (SSSR count). The molecule has 2 atom stereocenters. The number of hydrogen-bond donors (Lipinski definition) is 1. The van der Waals surface area contributed by atoms with Gasteiger partial charge in [-0.3, -0.25) is 4.57 Å². The van der Waals surface area contributed by atoms with Crippen molar-refractivity contribution in [3.63, 3.8) is 0 Å². The topological polar surface area (TPSA) is 46.1 Å². The van der Waals surface area contributed by atoms with Gasteiger partial charge in [-0.05, 0) is 38.9 Å². The Bertz CT molecular complexity index is 454. The standard InChI is InChI=1S/C11H18N4OS/c1-7-5-14(6-8(2)16-7)10-12-13-11(17)15(10)9-3-4-9/h7-9H,3-6H2,1-2H3,(H,13,17). The van der Waals surface area contributed by atoms with E-state index in [9.17, 15) is 0 Å². The van der Waals surface area contributed by atoms with Crippen molar-refractivity contribution in [2.45, 2.75) is 44.9 Å². The lowest BCUT2D eigenvalue weighted by Gasteiger charge is -2.35. The van der Waals surface area contributed by atoms with Gasteiger partial charge in [0.05, 0.1) is 12.2 Å². The summed E-state index contributed by atoms with van der Waals surface area (Å²) < 4.78 is 8.66. The molecule has 1 aliphatic heterocycles. The van der Waals surface area contributed by atoms with Crippen molar-refractivity contribution >= 4 is 18.2 Å². The van der Waals surface area contributed by atoms with Crippen molar-refractivity contribution in [1.29, 1.82) is 0 Å². The SMILES string of the molecule is CC1CN(c2n[nH]c(=S)n2C2CC2)CC(C)O1. The fourth-order valence-corrected chi connectivity index (χ4v) is 2.80. The summed E-state index contributed by atoms with van der Waals surface area (Å²) in [7, 11) is 0. The van der Waals surface area contributed by atoms with Crippen LogP contribution in [0.1, 0.15) is 32.7 Å². The molecule has 0 aromatic carbocycles. The van der Waals surface area contributed by atoms with Crippen LogP contribution < -0.4 is 4.90 Å². The van der Waals surface area contributed by atoms with E-state index >= 15 is 0 Å². The van der Waals surface area contributed by atoms with Gasteiger partial charge in [-0.2, -0.15) is 0 Å². The second kappa shape index (κ2) is 4.10. The molecule has 1 aromatic rings. The smallest absolute Gasteiger partial charge is 0.226 e. The molecule has 94 valence electrons. The molecule has 1 aliphatic carbocycles. The highest BCUT2D eigenvalue weighted by Crippen LogP contribution is 2.38. The fraction of sp³-hybridized carbons (Fsp3) is 0.818. The molecule has 6 heteroatoms. The Kier molecular flexibility index (Phi) is 2.71. The second-order valence-corrected chi connectivity index (χ2v) is 5.48. The lowest BCUT2D eigenvalue weighted by Crippen LogP contribution is -2.46. The van der Waals surface area contributed by atoms with Crippen LogP contribution in [0.15, 0.2) is 0 Å². The molecule has 0 radical (unpaired) electrons. The van der Waals surface area contributed by atoms with Crippen molar-refractivity contribution in [2.75, 3.05) is 18.0 Å². The van der Waals surface area contributed by atoms with Crippen LogP contribution in [0, 0.1) is 4.77 Å². The molecule has 2 unspecified atom stereocenters. The Hall–Kier alpha value is -0.880. The Morgan fingerprint density at radius 2 is 1.94 bits per heavy atom. The maximum Gasteiger partial charge on any atom is 0.226 e. The molecule has 17 heavy (non-hydrogen) atoms. The number of nitrogens with zero attached hydrogens (tertiary/aromatic N) is 3. The van der Waals surface area contributed by atoms with Crippen molar-refractivity contribution in [3.05, 3.63) is 4.77 Å². The largest absolute Gasteiger partial charge is 0.372 e. The van der Waals surface area contributed by atoms with Crippen molar-refractivity contribution in [1.82, 2.24) is 14.8 Å². The zero-order valence-electron chi connectivity index (χ0n) is 10.2. The van der Waals surface area contributed by atoms with Gasteiger partial charge in [0.25, 0.3) is 0 Å². The second-order valence-electron chi connectivity index (χ2n) is 5.09. The molecule has 2 aliphatic rings. The lowest BCUT2D eigenvalue weighted by atomic mass is 10.2. The predicted octanol–water partition coefficient (Wildman–Crippen LogP) is 1.89. The maximum atomic E-state index is 5.75. The molecule has 2 heterocycles. The molecule has 1 aromatic heterocycles. The highest BCUT2D eigenvalue weighted by Gasteiger charge is 2.31. The number of aromatic nitrogens is 3. The third kappa shape index (κ3) is 2.11. The van der Waals surface area contributed by atoms with Gasteiger partial charge in [-0.1, -0.05) is 0 Å². The first-order valence-electron chi connectivity index (χ1n) is 6.22. The quantitative estimate of drug-likeness (QED) is 0.819. The van der Waals surface area contributed by atoms with Gasteiger partial charge in [0.1, 0.15) is 0 Å². The molecular formula is C11H18N4OS. The van der Waals surface area contributed by atoms with Crippen LogP contribution in [0.5, 0.6) is 0 Å². The third-order valence-electron chi connectivity index (χ3n) is 3.30. The first-order chi connectivity index (χ1) is 8.15. The monoisotopic (exact) mass is 254 g/mol. The third-order valence-corrected chi connectivity index (χ3v) is 3.59. The van der Waals surface area contributed by atoms with E-state index in [2.05, 4.69) is 33.5 Å². The van der Waals surface area contributed by atoms with E-state index in [0.29, 0.717) is 6.04 Å². The lowest BCUT2D eigenvalue weighted by molar-refractivity contribution is -0.00592. The van der Waals surface area contributed by atoms with Gasteiger partial charge in [0.15, 0.2) is 4.77 Å². The first-order valence-corrected chi connectivity index (χ1v) is 6.63. The van der Waals surface area contributed by atoms with Gasteiger partial charge >= 0.3 is 0 Å². The molecule has 0 amide bonds. The van der Waals surface area contributed by atoms with Crippen molar-refractivity contribution in [2.24, 2.45) is 0 Å². The molecule has 5 nitrogen and oxygen atoms in total. The Balaban J connectivity index is 1.90. The zero-order chi connectivity index (χ0) is 12.0. The van der Waals surface area contributed by atoms with E-state index in [1.807, 2.05) is 0 Å². The van der Waals surface area contributed by atoms with Crippen LogP contribution >= 0.6 is 12.2 Å². The number of nitrogens with one attached hydrogen (secondary N) is 1. The van der Waals surface area contributed by atoms with Crippen LogP contribution in [0.25, 0.3) is 0 Å². The summed E-state index contributed by atoms with van der Waals surface area (Å²) in [5, 5.41) is 7.30. The van der Waals surface area contributed by atoms with E-state index in [4.69, 9.17) is 17.0 Å². The number of ether oxygens (including phenoxy) is 1. The average molecular weight is 254 g/mol. The average Bonchev–Trinajstić information content (AvgIpc) is 3.01. The van der Waals surface area contributed by atoms with Crippen LogP contribution in [0.2, 0.25) is 0 Å². The van der Waals surface area contributed by atoms with Crippen molar-refractivity contribution < 1.29 is 4.74 Å². The minimum atomic E-state index is 0.247. The summed E-state index contributed by atoms with van der Waals surface area (Å²) in [5.74, 6) is 0.986. The highest BCUT2D eigenvalue weighted by atomic mass is 32.1. The molecule has 2 fully saturated rings. The van der Waals surface area contributed by atoms with E-state index in [0.717, 1.165) is 23.8 Å². The van der Waals surface area contributed by atoms with Crippen molar-refractivity contribution in [3.8, 4) is 0 Å². The van der Waals surface area contributed by atoms with E-state index in [1.165, 1.54) is 12.8 Å². The minimum Gasteiger partial charge on any atom is -0.372 e. The molecule has 1 N–H and O–H groups in total. The first kappa shape index (κ1) is 11.2. The van der Waals surface area contributed by atoms with E-state index in [1.54, 1.807) is 0 Å². The van der Waals surface area contributed by atoms with Gasteiger partial charge in [0.2, 0.25) is 5.95 Å². The number of H-pyrrole nitrogens is 1. The number of hydrogen-bond acceptors (Lipinski definition) is 4. The van der Waals surface area contributed by atoms with Crippen LogP contribution in [-0.4, -0.2) is 40.1 Å². The zero-order valence-corrected chi connectivity index (χ0v) is 11.0. The molecule has 1 saturated heterocycles. The van der Waals surface area contributed by atoms with Gasteiger partial charge in [-0.15, -0.1) is 5.10 Å². The summed E-state index contributed by atoms with van der Waals surface area (Å²) in [5.41, 5.74) is 0. The fourth-order valence-electron chi connectivity index (χ4n) is 2.52. The van der Waals surface area contributed by atoms with Gasteiger partial charge < -0.3 is 9.64 Å². The maximum absolute atomic E-state index is 5.75. The van der Waals surface area contributed by atoms with Gasteiger partial charge in [-0.25, -0.2) is 5.10 Å². The minimum absolute atomic E-state index is 0.247.